The zero-order valence-electron chi connectivity index (χ0n) is 17.7. The van der Waals surface area contributed by atoms with E-state index >= 15 is 0 Å². The van der Waals surface area contributed by atoms with E-state index in [0.717, 1.165) is 29.8 Å². The quantitative estimate of drug-likeness (QED) is 0.228. The lowest BCUT2D eigenvalue weighted by Gasteiger charge is -2.20. The number of benzene rings is 2. The van der Waals surface area contributed by atoms with Crippen LogP contribution in [0.15, 0.2) is 42.5 Å². The number of carbonyl (C=O) groups excluding carboxylic acids is 1. The SMILES string of the molecule is NC(=O)c1cccc2c(-c3nc4c(c(NCc5cccc(B(O)O)c5)n3)CCNC4)[nH]nc12. The molecule has 3 heterocycles. The molecule has 0 fully saturated rings. The van der Waals surface area contributed by atoms with Crippen molar-refractivity contribution in [2.24, 2.45) is 5.73 Å². The number of amides is 1. The molecule has 7 N–H and O–H groups in total. The van der Waals surface area contributed by atoms with Crippen LogP contribution in [0.25, 0.3) is 22.4 Å². The number of primary amides is 1. The van der Waals surface area contributed by atoms with E-state index < -0.39 is 13.0 Å². The van der Waals surface area contributed by atoms with Gasteiger partial charge in [-0.15, -0.1) is 0 Å². The maximum Gasteiger partial charge on any atom is 0.488 e. The van der Waals surface area contributed by atoms with Crippen LogP contribution in [0.2, 0.25) is 0 Å². The number of anilines is 1. The van der Waals surface area contributed by atoms with Gasteiger partial charge in [-0.3, -0.25) is 9.89 Å². The minimum absolute atomic E-state index is 0.332. The fraction of sp³-hybridized carbons (Fsp3) is 0.182. The Labute approximate surface area is 189 Å². The molecule has 2 aromatic heterocycles. The van der Waals surface area contributed by atoms with Gasteiger partial charge in [-0.2, -0.15) is 5.10 Å². The van der Waals surface area contributed by atoms with E-state index in [9.17, 15) is 14.8 Å². The molecule has 1 aliphatic heterocycles. The molecule has 11 heteroatoms. The Morgan fingerprint density at radius 2 is 2.03 bits per heavy atom. The third kappa shape index (κ3) is 4.04. The first kappa shape index (κ1) is 21.1. The van der Waals surface area contributed by atoms with E-state index in [0.29, 0.717) is 52.4 Å². The minimum atomic E-state index is -1.52. The summed E-state index contributed by atoms with van der Waals surface area (Å²) >= 11 is 0. The van der Waals surface area contributed by atoms with Crippen LogP contribution in [-0.2, 0) is 19.5 Å². The molecule has 5 rings (SSSR count). The summed E-state index contributed by atoms with van der Waals surface area (Å²) in [4.78, 5) is 21.3. The number of rotatable bonds is 6. The van der Waals surface area contributed by atoms with Crippen LogP contribution < -0.4 is 21.8 Å². The van der Waals surface area contributed by atoms with E-state index in [1.54, 1.807) is 30.3 Å². The van der Waals surface area contributed by atoms with Gasteiger partial charge in [-0.25, -0.2) is 9.97 Å². The number of aromatic nitrogens is 4. The Balaban J connectivity index is 1.54. The summed E-state index contributed by atoms with van der Waals surface area (Å²) in [6, 6.07) is 12.3. The largest absolute Gasteiger partial charge is 0.488 e. The number of fused-ring (bicyclic) bond motifs is 2. The van der Waals surface area contributed by atoms with E-state index in [1.807, 2.05) is 12.1 Å². The number of nitrogens with one attached hydrogen (secondary N) is 3. The topological polar surface area (TPSA) is 162 Å². The number of hydrogen-bond acceptors (Lipinski definition) is 8. The zero-order chi connectivity index (χ0) is 22.9. The first-order valence-electron chi connectivity index (χ1n) is 10.6. The summed E-state index contributed by atoms with van der Waals surface area (Å²) in [5.74, 6) is 0.621. The lowest BCUT2D eigenvalue weighted by molar-refractivity contribution is 0.100. The van der Waals surface area contributed by atoms with Gasteiger partial charge in [0.15, 0.2) is 5.82 Å². The van der Waals surface area contributed by atoms with Crippen molar-refractivity contribution in [1.29, 1.82) is 0 Å². The van der Waals surface area contributed by atoms with Gasteiger partial charge in [0.1, 0.15) is 17.0 Å². The van der Waals surface area contributed by atoms with Crippen molar-refractivity contribution < 1.29 is 14.8 Å². The third-order valence-electron chi connectivity index (χ3n) is 5.72. The third-order valence-corrected chi connectivity index (χ3v) is 5.72. The van der Waals surface area contributed by atoms with Gasteiger partial charge in [0.05, 0.1) is 11.3 Å². The van der Waals surface area contributed by atoms with Crippen molar-refractivity contribution in [3.8, 4) is 11.5 Å². The number of nitrogens with two attached hydrogens (primary N) is 1. The van der Waals surface area contributed by atoms with Crippen molar-refractivity contribution in [3.05, 3.63) is 64.8 Å². The van der Waals surface area contributed by atoms with Crippen molar-refractivity contribution in [1.82, 2.24) is 25.5 Å². The van der Waals surface area contributed by atoms with Crippen LogP contribution >= 0.6 is 0 Å². The van der Waals surface area contributed by atoms with Gasteiger partial charge >= 0.3 is 7.12 Å². The average molecular weight is 443 g/mol. The van der Waals surface area contributed by atoms with Crippen LogP contribution in [0.5, 0.6) is 0 Å². The Hall–Kier alpha value is -3.80. The zero-order valence-corrected chi connectivity index (χ0v) is 17.7. The predicted octanol–water partition coefficient (Wildman–Crippen LogP) is 0.0564. The molecule has 0 saturated carbocycles. The molecule has 2 aromatic carbocycles. The maximum atomic E-state index is 11.8. The maximum absolute atomic E-state index is 11.8. The molecule has 0 bridgehead atoms. The van der Waals surface area contributed by atoms with Gasteiger partial charge in [-0.05, 0) is 30.1 Å². The van der Waals surface area contributed by atoms with Gasteiger partial charge in [0.2, 0.25) is 0 Å². The normalized spacial score (nSPS) is 13.0. The minimum Gasteiger partial charge on any atom is -0.423 e. The highest BCUT2D eigenvalue weighted by Gasteiger charge is 2.21. The average Bonchev–Trinajstić information content (AvgIpc) is 3.26. The summed E-state index contributed by atoms with van der Waals surface area (Å²) in [7, 11) is -1.52. The van der Waals surface area contributed by atoms with Crippen LogP contribution in [0.4, 0.5) is 5.82 Å². The molecular weight excluding hydrogens is 421 g/mol. The fourth-order valence-electron chi connectivity index (χ4n) is 4.07. The second-order valence-electron chi connectivity index (χ2n) is 7.88. The standard InChI is InChI=1S/C22H22BN7O3/c24-20(31)16-6-2-5-15-18(16)29-30-19(15)22-27-17-11-25-8-7-14(17)21(28-22)26-10-12-3-1-4-13(9-12)23(32)33/h1-6,9,25,32-33H,7-8,10-11H2,(H2,24,31)(H,29,30)(H,26,27,28). The molecule has 166 valence electrons. The molecule has 1 aliphatic rings. The number of nitrogens with zero attached hydrogens (tertiary/aromatic N) is 3. The van der Waals surface area contributed by atoms with Gasteiger partial charge in [0.25, 0.3) is 5.91 Å². The summed E-state index contributed by atoms with van der Waals surface area (Å²) in [5, 5.41) is 33.6. The monoisotopic (exact) mass is 443 g/mol. The molecule has 0 aliphatic carbocycles. The molecule has 0 unspecified atom stereocenters. The second kappa shape index (κ2) is 8.62. The molecule has 1 amide bonds. The summed E-state index contributed by atoms with van der Waals surface area (Å²) in [6.07, 6.45) is 0.781. The van der Waals surface area contributed by atoms with E-state index in [2.05, 4.69) is 20.8 Å². The smallest absolute Gasteiger partial charge is 0.423 e. The number of carbonyl (C=O) groups is 1. The van der Waals surface area contributed by atoms with Crippen molar-refractivity contribution >= 4 is 35.2 Å². The van der Waals surface area contributed by atoms with Crippen molar-refractivity contribution in [3.63, 3.8) is 0 Å². The number of H-pyrrole nitrogens is 1. The van der Waals surface area contributed by atoms with Crippen molar-refractivity contribution in [2.75, 3.05) is 11.9 Å². The lowest BCUT2D eigenvalue weighted by Crippen LogP contribution is -2.30. The number of para-hydroxylation sites is 1. The molecule has 33 heavy (non-hydrogen) atoms. The molecule has 0 saturated heterocycles. The lowest BCUT2D eigenvalue weighted by atomic mass is 9.79. The highest BCUT2D eigenvalue weighted by Crippen LogP contribution is 2.29. The summed E-state index contributed by atoms with van der Waals surface area (Å²) < 4.78 is 0. The Morgan fingerprint density at radius 3 is 2.85 bits per heavy atom. The predicted molar refractivity (Wildman–Crippen MR) is 125 cm³/mol. The highest BCUT2D eigenvalue weighted by molar-refractivity contribution is 6.58. The van der Waals surface area contributed by atoms with E-state index in [4.69, 9.17) is 15.7 Å². The second-order valence-corrected chi connectivity index (χ2v) is 7.88. The van der Waals surface area contributed by atoms with E-state index in [1.165, 1.54) is 0 Å². The van der Waals surface area contributed by atoms with Gasteiger partial charge in [0, 0.05) is 24.0 Å². The van der Waals surface area contributed by atoms with Crippen LogP contribution in [0.3, 0.4) is 0 Å². The molecule has 0 spiro atoms. The van der Waals surface area contributed by atoms with Gasteiger partial charge < -0.3 is 26.4 Å². The Bertz CT molecular complexity index is 1360. The molecule has 4 aromatic rings. The van der Waals surface area contributed by atoms with Gasteiger partial charge in [-0.1, -0.05) is 36.4 Å². The molecule has 0 atom stereocenters. The first-order valence-corrected chi connectivity index (χ1v) is 10.6. The fourth-order valence-corrected chi connectivity index (χ4v) is 4.07. The first-order chi connectivity index (χ1) is 16.0. The molecule has 10 nitrogen and oxygen atoms in total. The number of aromatic amines is 1. The van der Waals surface area contributed by atoms with E-state index in [-0.39, 0.29) is 0 Å². The Kier molecular flexibility index (Phi) is 5.51. The van der Waals surface area contributed by atoms with Crippen LogP contribution in [0, 0.1) is 0 Å². The summed E-state index contributed by atoms with van der Waals surface area (Å²) in [6.45, 7) is 1.89. The highest BCUT2D eigenvalue weighted by atomic mass is 16.4. The molecule has 0 radical (unpaired) electrons. The van der Waals surface area contributed by atoms with Crippen LogP contribution in [-0.4, -0.2) is 49.8 Å². The van der Waals surface area contributed by atoms with Crippen molar-refractivity contribution in [2.45, 2.75) is 19.5 Å². The van der Waals surface area contributed by atoms with Crippen LogP contribution in [0.1, 0.15) is 27.2 Å². The number of hydrogen-bond donors (Lipinski definition) is 6. The Morgan fingerprint density at radius 1 is 1.18 bits per heavy atom. The molecular formula is C22H22BN7O3. The summed E-state index contributed by atoms with van der Waals surface area (Å²) in [5.41, 5.74) is 10.2.